The van der Waals surface area contributed by atoms with Gasteiger partial charge in [-0.2, -0.15) is 13.2 Å². The average molecular weight is 539 g/mol. The third-order valence-corrected chi connectivity index (χ3v) is 5.04. The number of nitrogens with one attached hydrogen (secondary N) is 1. The highest BCUT2D eigenvalue weighted by atomic mass is 35.5. The standard InChI is InChI=1S/C25H29ClN2O2.C2HF3O2/c1-28(2)15-4-16-29-23-11-7-20(8-12-23)18-27-19-21-5-3-6-25(17-21)30-24-13-9-22(26)10-14-24;3-2(4,5)1(6)7/h3,5-14,17,27H,4,15-16,18-19H2,1-2H3;(H,6,7). The van der Waals surface area contributed by atoms with Crippen molar-refractivity contribution in [2.75, 3.05) is 27.2 Å². The van der Waals surface area contributed by atoms with Gasteiger partial charge in [0.1, 0.15) is 17.2 Å². The van der Waals surface area contributed by atoms with Gasteiger partial charge >= 0.3 is 12.1 Å². The quantitative estimate of drug-likeness (QED) is 0.276. The number of aliphatic carboxylic acids is 1. The Labute approximate surface area is 219 Å². The van der Waals surface area contributed by atoms with Crippen LogP contribution in [0, 0.1) is 0 Å². The maximum atomic E-state index is 10.6. The summed E-state index contributed by atoms with van der Waals surface area (Å²) in [6.07, 6.45) is -4.06. The zero-order valence-corrected chi connectivity index (χ0v) is 21.4. The molecule has 0 radical (unpaired) electrons. The number of benzene rings is 3. The predicted molar refractivity (Wildman–Crippen MR) is 137 cm³/mol. The van der Waals surface area contributed by atoms with Gasteiger partial charge in [-0.1, -0.05) is 35.9 Å². The van der Waals surface area contributed by atoms with Crippen molar-refractivity contribution in [3.05, 3.63) is 88.9 Å². The van der Waals surface area contributed by atoms with Gasteiger partial charge in [0.15, 0.2) is 0 Å². The molecule has 0 bridgehead atoms. The van der Waals surface area contributed by atoms with E-state index in [2.05, 4.69) is 42.5 Å². The summed E-state index contributed by atoms with van der Waals surface area (Å²) < 4.78 is 43.4. The molecule has 6 nitrogen and oxygen atoms in total. The summed E-state index contributed by atoms with van der Waals surface area (Å²) in [5, 5.41) is 11.3. The molecule has 0 aliphatic rings. The van der Waals surface area contributed by atoms with Crippen LogP contribution in [0.4, 0.5) is 13.2 Å². The van der Waals surface area contributed by atoms with Crippen LogP contribution in [0.1, 0.15) is 17.5 Å². The second-order valence-electron chi connectivity index (χ2n) is 8.26. The van der Waals surface area contributed by atoms with Gasteiger partial charge in [0.05, 0.1) is 6.61 Å². The third-order valence-electron chi connectivity index (χ3n) is 4.79. The summed E-state index contributed by atoms with van der Waals surface area (Å²) in [4.78, 5) is 11.1. The Morgan fingerprint density at radius 2 is 1.51 bits per heavy atom. The lowest BCUT2D eigenvalue weighted by Gasteiger charge is -2.11. The molecule has 3 rings (SSSR count). The first-order valence-corrected chi connectivity index (χ1v) is 11.8. The van der Waals surface area contributed by atoms with E-state index in [1.807, 2.05) is 54.6 Å². The number of carboxylic acids is 1. The predicted octanol–water partition coefficient (Wildman–Crippen LogP) is 6.39. The van der Waals surface area contributed by atoms with Gasteiger partial charge in [-0.25, -0.2) is 4.79 Å². The minimum absolute atomic E-state index is 0.698. The summed E-state index contributed by atoms with van der Waals surface area (Å²) in [5.41, 5.74) is 2.39. The van der Waals surface area contributed by atoms with E-state index in [1.165, 1.54) is 11.1 Å². The fourth-order valence-corrected chi connectivity index (χ4v) is 3.11. The van der Waals surface area contributed by atoms with E-state index in [0.717, 1.165) is 49.9 Å². The van der Waals surface area contributed by atoms with Crippen molar-refractivity contribution in [1.82, 2.24) is 10.2 Å². The normalized spacial score (nSPS) is 11.0. The number of alkyl halides is 3. The SMILES string of the molecule is CN(C)CCCOc1ccc(CNCc2cccc(Oc3ccc(Cl)cc3)c2)cc1.O=C(O)C(F)(F)F. The summed E-state index contributed by atoms with van der Waals surface area (Å²) in [6.45, 7) is 3.34. The number of ether oxygens (including phenoxy) is 2. The van der Waals surface area contributed by atoms with Crippen LogP contribution in [-0.2, 0) is 17.9 Å². The Hall–Kier alpha value is -3.27. The minimum Gasteiger partial charge on any atom is -0.494 e. The van der Waals surface area contributed by atoms with Crippen LogP contribution >= 0.6 is 11.6 Å². The van der Waals surface area contributed by atoms with Gasteiger partial charge in [0.25, 0.3) is 0 Å². The molecule has 0 aromatic heterocycles. The molecule has 2 N–H and O–H groups in total. The number of rotatable bonds is 11. The number of carboxylic acid groups (broad SMARTS) is 1. The Morgan fingerprint density at radius 3 is 2.11 bits per heavy atom. The van der Waals surface area contributed by atoms with Crippen LogP contribution < -0.4 is 14.8 Å². The zero-order chi connectivity index (χ0) is 27.3. The summed E-state index contributed by atoms with van der Waals surface area (Å²) in [5.74, 6) is -0.252. The molecule has 37 heavy (non-hydrogen) atoms. The molecule has 0 heterocycles. The first-order chi connectivity index (χ1) is 17.5. The summed E-state index contributed by atoms with van der Waals surface area (Å²) in [7, 11) is 4.15. The summed E-state index contributed by atoms with van der Waals surface area (Å²) in [6, 6.07) is 23.7. The van der Waals surface area contributed by atoms with Crippen molar-refractivity contribution in [1.29, 1.82) is 0 Å². The van der Waals surface area contributed by atoms with Crippen LogP contribution in [0.3, 0.4) is 0 Å². The van der Waals surface area contributed by atoms with Crippen molar-refractivity contribution < 1.29 is 32.5 Å². The first-order valence-electron chi connectivity index (χ1n) is 11.4. The smallest absolute Gasteiger partial charge is 0.490 e. The lowest BCUT2D eigenvalue weighted by Crippen LogP contribution is -2.21. The van der Waals surface area contributed by atoms with Crippen molar-refractivity contribution in [2.24, 2.45) is 0 Å². The fourth-order valence-electron chi connectivity index (χ4n) is 2.98. The van der Waals surface area contributed by atoms with Crippen LogP contribution in [0.15, 0.2) is 72.8 Å². The molecule has 10 heteroatoms. The Morgan fingerprint density at radius 1 is 0.919 bits per heavy atom. The lowest BCUT2D eigenvalue weighted by molar-refractivity contribution is -0.192. The molecule has 0 aliphatic heterocycles. The topological polar surface area (TPSA) is 71.0 Å². The Balaban J connectivity index is 0.000000604. The molecule has 0 fully saturated rings. The lowest BCUT2D eigenvalue weighted by atomic mass is 10.2. The maximum Gasteiger partial charge on any atom is 0.490 e. The molecule has 0 spiro atoms. The van der Waals surface area contributed by atoms with Crippen molar-refractivity contribution in [3.8, 4) is 17.2 Å². The number of nitrogens with zero attached hydrogens (tertiary/aromatic N) is 1. The monoisotopic (exact) mass is 538 g/mol. The summed E-state index contributed by atoms with van der Waals surface area (Å²) >= 11 is 5.92. The zero-order valence-electron chi connectivity index (χ0n) is 20.6. The van der Waals surface area contributed by atoms with E-state index in [9.17, 15) is 13.2 Å². The molecule has 0 amide bonds. The van der Waals surface area contributed by atoms with E-state index in [4.69, 9.17) is 31.0 Å². The van der Waals surface area contributed by atoms with E-state index in [-0.39, 0.29) is 0 Å². The van der Waals surface area contributed by atoms with Crippen molar-refractivity contribution in [3.63, 3.8) is 0 Å². The van der Waals surface area contributed by atoms with Crippen LogP contribution in [0.25, 0.3) is 0 Å². The van der Waals surface area contributed by atoms with Gasteiger partial charge in [0.2, 0.25) is 0 Å². The molecule has 0 saturated carbocycles. The van der Waals surface area contributed by atoms with E-state index >= 15 is 0 Å². The van der Waals surface area contributed by atoms with Crippen molar-refractivity contribution >= 4 is 17.6 Å². The van der Waals surface area contributed by atoms with Crippen LogP contribution in [0.2, 0.25) is 5.02 Å². The average Bonchev–Trinajstić information content (AvgIpc) is 2.84. The number of hydrogen-bond acceptors (Lipinski definition) is 5. The van der Waals surface area contributed by atoms with Gasteiger partial charge < -0.3 is 24.8 Å². The van der Waals surface area contributed by atoms with Gasteiger partial charge in [-0.15, -0.1) is 0 Å². The molecule has 0 aliphatic carbocycles. The Bertz CT molecular complexity index is 1090. The molecule has 0 saturated heterocycles. The molecular formula is C27H30ClF3N2O4. The molecular weight excluding hydrogens is 509 g/mol. The van der Waals surface area contributed by atoms with Gasteiger partial charge in [-0.05, 0) is 80.2 Å². The minimum atomic E-state index is -5.08. The fraction of sp³-hybridized carbons (Fsp3) is 0.296. The molecule has 0 unspecified atom stereocenters. The largest absolute Gasteiger partial charge is 0.494 e. The van der Waals surface area contributed by atoms with Crippen LogP contribution in [0.5, 0.6) is 17.2 Å². The third kappa shape index (κ3) is 12.5. The highest BCUT2D eigenvalue weighted by Gasteiger charge is 2.38. The highest BCUT2D eigenvalue weighted by molar-refractivity contribution is 6.30. The maximum absolute atomic E-state index is 10.6. The van der Waals surface area contributed by atoms with Crippen LogP contribution in [-0.4, -0.2) is 49.4 Å². The number of halogens is 4. The molecule has 3 aromatic rings. The van der Waals surface area contributed by atoms with Crippen molar-refractivity contribution in [2.45, 2.75) is 25.7 Å². The van der Waals surface area contributed by atoms with E-state index in [1.54, 1.807) is 0 Å². The molecule has 200 valence electrons. The molecule has 0 atom stereocenters. The first kappa shape index (κ1) is 30.0. The second-order valence-corrected chi connectivity index (χ2v) is 8.70. The van der Waals surface area contributed by atoms with E-state index in [0.29, 0.717) is 5.02 Å². The number of hydrogen-bond donors (Lipinski definition) is 2. The van der Waals surface area contributed by atoms with E-state index < -0.39 is 12.1 Å². The van der Waals surface area contributed by atoms with Gasteiger partial charge in [0, 0.05) is 24.7 Å². The van der Waals surface area contributed by atoms with Gasteiger partial charge in [-0.3, -0.25) is 0 Å². The number of carbonyl (C=O) groups is 1. The Kier molecular flexibility index (Phi) is 12.2. The second kappa shape index (κ2) is 15.1. The molecule has 3 aromatic carbocycles. The highest BCUT2D eigenvalue weighted by Crippen LogP contribution is 2.24.